The van der Waals surface area contributed by atoms with Gasteiger partial charge in [-0.25, -0.2) is 0 Å². The second kappa shape index (κ2) is 6.34. The van der Waals surface area contributed by atoms with Crippen molar-refractivity contribution in [2.75, 3.05) is 25.1 Å². The first-order chi connectivity index (χ1) is 8.42. The number of anilines is 1. The molecule has 100 valence electrons. The minimum absolute atomic E-state index is 0.00933. The van der Waals surface area contributed by atoms with Crippen LogP contribution >= 0.6 is 11.6 Å². The predicted octanol–water partition coefficient (Wildman–Crippen LogP) is 0.481. The maximum Gasteiger partial charge on any atom is 0.322 e. The van der Waals surface area contributed by atoms with E-state index in [4.69, 9.17) is 22.1 Å². The second-order valence-electron chi connectivity index (χ2n) is 4.13. The fourth-order valence-corrected chi connectivity index (χ4v) is 1.55. The summed E-state index contributed by atoms with van der Waals surface area (Å²) in [5, 5.41) is 0.00933. The number of amides is 1. The van der Waals surface area contributed by atoms with E-state index in [1.807, 2.05) is 13.8 Å². The average molecular weight is 274 g/mol. The van der Waals surface area contributed by atoms with Gasteiger partial charge in [0.25, 0.3) is 0 Å². The molecule has 1 amide bonds. The lowest BCUT2D eigenvalue weighted by Crippen LogP contribution is -2.37. The highest BCUT2D eigenvalue weighted by Crippen LogP contribution is 2.15. The average Bonchev–Trinajstić information content (AvgIpc) is 2.26. The molecule has 8 heteroatoms. The Morgan fingerprint density at radius 3 is 2.61 bits per heavy atom. The Morgan fingerprint density at radius 2 is 2.11 bits per heavy atom. The molecule has 7 nitrogen and oxygen atoms in total. The van der Waals surface area contributed by atoms with Crippen LogP contribution in [0.3, 0.4) is 0 Å². The summed E-state index contributed by atoms with van der Waals surface area (Å²) in [5.41, 5.74) is 5.20. The van der Waals surface area contributed by atoms with Crippen LogP contribution in [0.2, 0.25) is 5.28 Å². The van der Waals surface area contributed by atoms with Crippen LogP contribution in [0.25, 0.3) is 0 Å². The molecule has 0 aromatic carbocycles. The molecule has 18 heavy (non-hydrogen) atoms. The molecule has 0 unspecified atom stereocenters. The summed E-state index contributed by atoms with van der Waals surface area (Å²) >= 11 is 5.76. The highest BCUT2D eigenvalue weighted by Gasteiger charge is 2.16. The van der Waals surface area contributed by atoms with Crippen molar-refractivity contribution in [3.63, 3.8) is 0 Å². The number of methoxy groups -OCH3 is 1. The zero-order valence-corrected chi connectivity index (χ0v) is 11.3. The van der Waals surface area contributed by atoms with E-state index in [1.165, 1.54) is 7.11 Å². The summed E-state index contributed by atoms with van der Waals surface area (Å²) in [6.07, 6.45) is 0. The van der Waals surface area contributed by atoms with Gasteiger partial charge in [0.1, 0.15) is 0 Å². The molecule has 0 saturated carbocycles. The summed E-state index contributed by atoms with van der Waals surface area (Å²) in [7, 11) is 1.43. The number of rotatable bonds is 6. The number of hydrogen-bond donors (Lipinski definition) is 1. The van der Waals surface area contributed by atoms with Crippen LogP contribution in [-0.4, -0.2) is 41.1 Å². The first-order valence-corrected chi connectivity index (χ1v) is 5.79. The van der Waals surface area contributed by atoms with Crippen molar-refractivity contribution in [2.45, 2.75) is 13.8 Å². The molecular formula is C10H16ClN5O2. The van der Waals surface area contributed by atoms with Gasteiger partial charge in [-0.05, 0) is 17.5 Å². The molecule has 2 N–H and O–H groups in total. The Kier molecular flexibility index (Phi) is 5.08. The molecule has 1 aromatic rings. The summed E-state index contributed by atoms with van der Waals surface area (Å²) < 4.78 is 4.91. The number of carbonyl (C=O) groups is 1. The fraction of sp³-hybridized carbons (Fsp3) is 0.600. The van der Waals surface area contributed by atoms with Crippen LogP contribution in [0, 0.1) is 5.92 Å². The standard InChI is InChI=1S/C10H16ClN5O2/c1-6(2)4-16(5-7(12)17)9-13-8(11)14-10(15-9)18-3/h6H,4-5H2,1-3H3,(H2,12,17). The van der Waals surface area contributed by atoms with Crippen molar-refractivity contribution in [3.05, 3.63) is 5.28 Å². The summed E-state index contributed by atoms with van der Waals surface area (Å²) in [5.74, 6) is 0.122. The Bertz CT molecular complexity index is 427. The first kappa shape index (κ1) is 14.4. The molecule has 0 aliphatic heterocycles. The minimum atomic E-state index is -0.467. The van der Waals surface area contributed by atoms with Crippen molar-refractivity contribution in [2.24, 2.45) is 11.7 Å². The van der Waals surface area contributed by atoms with E-state index in [9.17, 15) is 4.79 Å². The van der Waals surface area contributed by atoms with Gasteiger partial charge in [-0.1, -0.05) is 13.8 Å². The van der Waals surface area contributed by atoms with Gasteiger partial charge in [-0.15, -0.1) is 0 Å². The van der Waals surface area contributed by atoms with Gasteiger partial charge in [0.05, 0.1) is 13.7 Å². The number of aromatic nitrogens is 3. The lowest BCUT2D eigenvalue weighted by Gasteiger charge is -2.22. The molecule has 0 bridgehead atoms. The molecule has 1 aromatic heterocycles. The number of nitrogens with zero attached hydrogens (tertiary/aromatic N) is 4. The Morgan fingerprint density at radius 1 is 1.44 bits per heavy atom. The van der Waals surface area contributed by atoms with Crippen LogP contribution < -0.4 is 15.4 Å². The number of hydrogen-bond acceptors (Lipinski definition) is 6. The quantitative estimate of drug-likeness (QED) is 0.810. The summed E-state index contributed by atoms with van der Waals surface area (Å²) in [6.45, 7) is 4.61. The monoisotopic (exact) mass is 273 g/mol. The topological polar surface area (TPSA) is 94.2 Å². The number of carbonyl (C=O) groups excluding carboxylic acids is 1. The molecule has 0 spiro atoms. The van der Waals surface area contributed by atoms with Gasteiger partial charge >= 0.3 is 6.01 Å². The lowest BCUT2D eigenvalue weighted by molar-refractivity contribution is -0.116. The zero-order chi connectivity index (χ0) is 13.7. The highest BCUT2D eigenvalue weighted by molar-refractivity contribution is 6.28. The van der Waals surface area contributed by atoms with Crippen molar-refractivity contribution in [3.8, 4) is 6.01 Å². The smallest absolute Gasteiger partial charge is 0.322 e. The second-order valence-corrected chi connectivity index (χ2v) is 4.47. The van der Waals surface area contributed by atoms with E-state index in [1.54, 1.807) is 4.90 Å². The van der Waals surface area contributed by atoms with Crippen LogP contribution in [0.5, 0.6) is 6.01 Å². The summed E-state index contributed by atoms with van der Waals surface area (Å²) in [6, 6.07) is 0.100. The maximum absolute atomic E-state index is 11.0. The number of nitrogens with two attached hydrogens (primary N) is 1. The van der Waals surface area contributed by atoms with E-state index in [-0.39, 0.29) is 23.8 Å². The minimum Gasteiger partial charge on any atom is -0.467 e. The molecule has 0 aliphatic carbocycles. The Labute approximate surface area is 110 Å². The largest absolute Gasteiger partial charge is 0.467 e. The molecule has 0 saturated heterocycles. The van der Waals surface area contributed by atoms with E-state index in [2.05, 4.69) is 15.0 Å². The van der Waals surface area contributed by atoms with Gasteiger partial charge in [0.2, 0.25) is 17.1 Å². The van der Waals surface area contributed by atoms with Gasteiger partial charge in [-0.3, -0.25) is 4.79 Å². The zero-order valence-electron chi connectivity index (χ0n) is 10.6. The predicted molar refractivity (Wildman–Crippen MR) is 67.6 cm³/mol. The van der Waals surface area contributed by atoms with Crippen molar-refractivity contribution in [1.82, 2.24) is 15.0 Å². The molecule has 0 aliphatic rings. The summed E-state index contributed by atoms with van der Waals surface area (Å²) in [4.78, 5) is 24.5. The van der Waals surface area contributed by atoms with Gasteiger partial charge in [0.15, 0.2) is 0 Å². The van der Waals surface area contributed by atoms with Crippen molar-refractivity contribution in [1.29, 1.82) is 0 Å². The van der Waals surface area contributed by atoms with Gasteiger partial charge in [-0.2, -0.15) is 15.0 Å². The Hall–Kier alpha value is -1.63. The SMILES string of the molecule is COc1nc(Cl)nc(N(CC(N)=O)CC(C)C)n1. The molecule has 0 radical (unpaired) electrons. The molecule has 1 rings (SSSR count). The number of halogens is 1. The third kappa shape index (κ3) is 4.33. The van der Waals surface area contributed by atoms with E-state index in [0.29, 0.717) is 12.5 Å². The van der Waals surface area contributed by atoms with Gasteiger partial charge in [0, 0.05) is 6.54 Å². The lowest BCUT2D eigenvalue weighted by atomic mass is 10.2. The maximum atomic E-state index is 11.0. The van der Waals surface area contributed by atoms with Crippen molar-refractivity contribution < 1.29 is 9.53 Å². The molecule has 0 atom stereocenters. The Balaban J connectivity index is 3.02. The van der Waals surface area contributed by atoms with Crippen LogP contribution in [-0.2, 0) is 4.79 Å². The normalized spacial score (nSPS) is 10.5. The van der Waals surface area contributed by atoms with E-state index >= 15 is 0 Å². The highest BCUT2D eigenvalue weighted by atomic mass is 35.5. The third-order valence-corrected chi connectivity index (χ3v) is 2.14. The van der Waals surface area contributed by atoms with Crippen LogP contribution in [0.15, 0.2) is 0 Å². The number of ether oxygens (including phenoxy) is 1. The fourth-order valence-electron chi connectivity index (χ4n) is 1.40. The molecule has 1 heterocycles. The van der Waals surface area contributed by atoms with Crippen LogP contribution in [0.1, 0.15) is 13.8 Å². The third-order valence-electron chi connectivity index (χ3n) is 1.97. The number of primary amides is 1. The van der Waals surface area contributed by atoms with E-state index < -0.39 is 5.91 Å². The van der Waals surface area contributed by atoms with Gasteiger partial charge < -0.3 is 15.4 Å². The first-order valence-electron chi connectivity index (χ1n) is 5.41. The van der Waals surface area contributed by atoms with E-state index in [0.717, 1.165) is 0 Å². The molecule has 0 fully saturated rings. The molecular weight excluding hydrogens is 258 g/mol. The van der Waals surface area contributed by atoms with Crippen LogP contribution in [0.4, 0.5) is 5.95 Å². The van der Waals surface area contributed by atoms with Crippen molar-refractivity contribution >= 4 is 23.5 Å².